The first-order valence-electron chi connectivity index (χ1n) is 10.9. The number of hydrogen-bond acceptors (Lipinski definition) is 6. The van der Waals surface area contributed by atoms with Crippen LogP contribution in [-0.4, -0.2) is 51.5 Å². The normalized spacial score (nSPS) is 17.0. The molecular weight excluding hydrogens is 457 g/mol. The molecule has 8 nitrogen and oxygen atoms in total. The first-order valence-corrected chi connectivity index (χ1v) is 11.8. The number of nitrogens with one attached hydrogen (secondary N) is 2. The van der Waals surface area contributed by atoms with E-state index in [1.165, 1.54) is 18.2 Å². The third kappa shape index (κ3) is 5.43. The van der Waals surface area contributed by atoms with Crippen molar-refractivity contribution < 1.29 is 22.8 Å². The lowest BCUT2D eigenvalue weighted by molar-refractivity contribution is -0.123. The fourth-order valence-corrected chi connectivity index (χ4v) is 4.59. The number of nitrogens with zero attached hydrogens (tertiary/aromatic N) is 4. The van der Waals surface area contributed by atoms with Crippen molar-refractivity contribution >= 4 is 35.2 Å². The molecule has 12 heteroatoms. The average molecular weight is 483 g/mol. The van der Waals surface area contributed by atoms with Crippen LogP contribution in [0.15, 0.2) is 17.3 Å². The van der Waals surface area contributed by atoms with Crippen LogP contribution < -0.4 is 15.5 Å². The zero-order chi connectivity index (χ0) is 23.5. The van der Waals surface area contributed by atoms with Gasteiger partial charge in [-0.3, -0.25) is 14.2 Å². The Morgan fingerprint density at radius 3 is 2.55 bits per heavy atom. The van der Waals surface area contributed by atoms with E-state index < -0.39 is 46.7 Å². The van der Waals surface area contributed by atoms with Crippen molar-refractivity contribution in [1.29, 1.82) is 0 Å². The zero-order valence-corrected chi connectivity index (χ0v) is 18.9. The van der Waals surface area contributed by atoms with E-state index >= 15 is 0 Å². The van der Waals surface area contributed by atoms with Gasteiger partial charge in [0.15, 0.2) is 22.6 Å². The summed E-state index contributed by atoms with van der Waals surface area (Å²) in [5.41, 5.74) is -0.502. The van der Waals surface area contributed by atoms with Gasteiger partial charge in [-0.05, 0) is 51.2 Å². The number of carbonyl (C=O) groups excluding carboxylic acids is 2. The lowest BCUT2D eigenvalue weighted by Crippen LogP contribution is -2.37. The lowest BCUT2D eigenvalue weighted by Gasteiger charge is -2.28. The molecule has 0 bridgehead atoms. The molecule has 2 aromatic rings. The van der Waals surface area contributed by atoms with Crippen molar-refractivity contribution in [1.82, 2.24) is 20.1 Å². The third-order valence-electron chi connectivity index (χ3n) is 5.58. The van der Waals surface area contributed by atoms with Crippen LogP contribution >= 0.6 is 11.8 Å². The number of benzene rings is 1. The molecule has 1 aliphatic carbocycles. The topological polar surface area (TPSA) is 92.2 Å². The Hall–Kier alpha value is -2.76. The Morgan fingerprint density at radius 1 is 1.12 bits per heavy atom. The maximum Gasteiger partial charge on any atom is 0.243 e. The summed E-state index contributed by atoms with van der Waals surface area (Å²) in [4.78, 5) is 26.8. The maximum absolute atomic E-state index is 13.7. The Bertz CT molecular complexity index is 1040. The molecule has 1 saturated heterocycles. The summed E-state index contributed by atoms with van der Waals surface area (Å²) in [6.45, 7) is 3.13. The van der Waals surface area contributed by atoms with E-state index in [-0.39, 0.29) is 0 Å². The number of hydrogen-bond donors (Lipinski definition) is 2. The molecule has 1 saturated carbocycles. The summed E-state index contributed by atoms with van der Waals surface area (Å²) in [7, 11) is 0. The molecule has 0 radical (unpaired) electrons. The molecule has 0 unspecified atom stereocenters. The zero-order valence-electron chi connectivity index (χ0n) is 18.1. The summed E-state index contributed by atoms with van der Waals surface area (Å²) >= 11 is 1.26. The van der Waals surface area contributed by atoms with Crippen LogP contribution in [0.25, 0.3) is 0 Å². The number of anilines is 2. The van der Waals surface area contributed by atoms with Gasteiger partial charge in [-0.25, -0.2) is 13.2 Å². The van der Waals surface area contributed by atoms with Crippen LogP contribution in [0.5, 0.6) is 0 Å². The van der Waals surface area contributed by atoms with Crippen LogP contribution in [0.3, 0.4) is 0 Å². The number of halogens is 3. The van der Waals surface area contributed by atoms with Gasteiger partial charge in [0.2, 0.25) is 17.8 Å². The van der Waals surface area contributed by atoms with Crippen LogP contribution in [0.1, 0.15) is 45.1 Å². The van der Waals surface area contributed by atoms with Crippen LogP contribution in [0.2, 0.25) is 0 Å². The van der Waals surface area contributed by atoms with Gasteiger partial charge in [-0.15, -0.1) is 10.2 Å². The predicted octanol–water partition coefficient (Wildman–Crippen LogP) is 3.26. The van der Waals surface area contributed by atoms with Crippen molar-refractivity contribution in [3.8, 4) is 0 Å². The quantitative estimate of drug-likeness (QED) is 0.443. The molecule has 2 amide bonds. The van der Waals surface area contributed by atoms with E-state index in [9.17, 15) is 22.8 Å². The highest BCUT2D eigenvalue weighted by molar-refractivity contribution is 8.00. The van der Waals surface area contributed by atoms with E-state index in [0.29, 0.717) is 17.3 Å². The number of carbonyl (C=O) groups is 2. The molecule has 33 heavy (non-hydrogen) atoms. The summed E-state index contributed by atoms with van der Waals surface area (Å²) in [6, 6.07) is 1.96. The monoisotopic (exact) mass is 482 g/mol. The van der Waals surface area contributed by atoms with Crippen LogP contribution in [-0.2, 0) is 9.59 Å². The van der Waals surface area contributed by atoms with E-state index in [1.807, 2.05) is 0 Å². The van der Waals surface area contributed by atoms with Crippen molar-refractivity contribution in [2.45, 2.75) is 55.5 Å². The number of piperidine rings is 1. The SMILES string of the molecule is C[C@@H](Sc1nnc(N2CCCCC2)n1C1CC1)C(=O)NCC(=O)Nc1ccc(F)c(F)c1F. The van der Waals surface area contributed by atoms with Crippen molar-refractivity contribution in [2.24, 2.45) is 0 Å². The van der Waals surface area contributed by atoms with Crippen molar-refractivity contribution in [3.63, 3.8) is 0 Å². The summed E-state index contributed by atoms with van der Waals surface area (Å²) in [6.07, 6.45) is 5.55. The van der Waals surface area contributed by atoms with Gasteiger partial charge in [0.1, 0.15) is 0 Å². The number of thioether (sulfide) groups is 1. The number of aromatic nitrogens is 3. The minimum Gasteiger partial charge on any atom is -0.346 e. The Balaban J connectivity index is 1.33. The molecule has 2 fully saturated rings. The Morgan fingerprint density at radius 2 is 1.85 bits per heavy atom. The molecule has 1 aromatic carbocycles. The predicted molar refractivity (Wildman–Crippen MR) is 118 cm³/mol. The highest BCUT2D eigenvalue weighted by atomic mass is 32.2. The molecule has 1 atom stereocenters. The van der Waals surface area contributed by atoms with Crippen molar-refractivity contribution in [3.05, 3.63) is 29.6 Å². The second-order valence-corrected chi connectivity index (χ2v) is 9.49. The number of amides is 2. The molecule has 2 N–H and O–H groups in total. The minimum absolute atomic E-state index is 0.339. The highest BCUT2D eigenvalue weighted by Crippen LogP contribution is 2.42. The van der Waals surface area contributed by atoms with Gasteiger partial charge < -0.3 is 15.5 Å². The van der Waals surface area contributed by atoms with E-state index in [1.54, 1.807) is 6.92 Å². The summed E-state index contributed by atoms with van der Waals surface area (Å²) < 4.78 is 42.1. The molecular formula is C21H25F3N6O2S. The van der Waals surface area contributed by atoms with Gasteiger partial charge in [0.05, 0.1) is 17.5 Å². The molecule has 4 rings (SSSR count). The first kappa shape index (κ1) is 23.4. The first-order chi connectivity index (χ1) is 15.8. The van der Waals surface area contributed by atoms with Gasteiger partial charge in [0, 0.05) is 19.1 Å². The van der Waals surface area contributed by atoms with Gasteiger partial charge in [-0.1, -0.05) is 11.8 Å². The number of rotatable bonds is 8. The Kier molecular flexibility index (Phi) is 7.11. The maximum atomic E-state index is 13.7. The van der Waals surface area contributed by atoms with Gasteiger partial charge in [-0.2, -0.15) is 0 Å². The van der Waals surface area contributed by atoms with Crippen LogP contribution in [0.4, 0.5) is 24.8 Å². The lowest BCUT2D eigenvalue weighted by atomic mass is 10.1. The molecule has 2 aliphatic rings. The Labute approximate surface area is 193 Å². The fourth-order valence-electron chi connectivity index (χ4n) is 3.65. The largest absolute Gasteiger partial charge is 0.346 e. The molecule has 1 aromatic heterocycles. The van der Waals surface area contributed by atoms with Gasteiger partial charge >= 0.3 is 0 Å². The van der Waals surface area contributed by atoms with E-state index in [0.717, 1.165) is 50.8 Å². The van der Waals surface area contributed by atoms with Crippen LogP contribution in [0, 0.1) is 17.5 Å². The minimum atomic E-state index is -1.68. The van der Waals surface area contributed by atoms with E-state index in [4.69, 9.17) is 0 Å². The van der Waals surface area contributed by atoms with Crippen molar-refractivity contribution in [2.75, 3.05) is 29.9 Å². The molecule has 0 spiro atoms. The molecule has 1 aliphatic heterocycles. The third-order valence-corrected chi connectivity index (χ3v) is 6.64. The molecule has 178 valence electrons. The van der Waals surface area contributed by atoms with E-state index in [2.05, 4.69) is 30.3 Å². The second kappa shape index (κ2) is 10.0. The average Bonchev–Trinajstić information content (AvgIpc) is 3.58. The second-order valence-electron chi connectivity index (χ2n) is 8.18. The molecule has 2 heterocycles. The standard InChI is InChI=1S/C21H25F3N6O2S/c1-12(19(32)25-11-16(31)26-15-8-7-14(22)17(23)18(15)24)33-21-28-27-20(30(21)13-5-6-13)29-9-3-2-4-10-29/h7-8,12-13H,2-6,9-11H2,1H3,(H,25,32)(H,26,31)/t12-/m1/s1. The highest BCUT2D eigenvalue weighted by Gasteiger charge is 2.33. The fraction of sp³-hybridized carbons (Fsp3) is 0.524. The summed E-state index contributed by atoms with van der Waals surface area (Å²) in [5.74, 6) is -4.86. The van der Waals surface area contributed by atoms with Gasteiger partial charge in [0.25, 0.3) is 0 Å². The summed E-state index contributed by atoms with van der Waals surface area (Å²) in [5, 5.41) is 13.4. The smallest absolute Gasteiger partial charge is 0.243 e.